The van der Waals surface area contributed by atoms with Crippen LogP contribution in [-0.2, 0) is 11.2 Å². The van der Waals surface area contributed by atoms with Crippen LogP contribution < -0.4 is 0 Å². The largest absolute Gasteiger partial charge is 0.364 e. The Hall–Kier alpha value is -1.38. The van der Waals surface area contributed by atoms with Gasteiger partial charge in [-0.15, -0.1) is 0 Å². The Kier molecular flexibility index (Phi) is 5.17. The van der Waals surface area contributed by atoms with E-state index in [1.807, 2.05) is 0 Å². The van der Waals surface area contributed by atoms with E-state index in [0.29, 0.717) is 5.56 Å². The first-order chi connectivity index (χ1) is 10.6. The zero-order chi connectivity index (χ0) is 17.4. The van der Waals surface area contributed by atoms with Crippen LogP contribution >= 0.6 is 23.2 Å². The average molecular weight is 373 g/mol. The van der Waals surface area contributed by atoms with E-state index >= 15 is 0 Å². The number of rotatable bonds is 4. The number of hydrogen-bond donors (Lipinski definition) is 1. The molecule has 1 aromatic carbocycles. The van der Waals surface area contributed by atoms with E-state index in [-0.39, 0.29) is 15.1 Å². The quantitative estimate of drug-likeness (QED) is 0.824. The Morgan fingerprint density at radius 3 is 2.48 bits per heavy atom. The van der Waals surface area contributed by atoms with E-state index in [2.05, 4.69) is 5.10 Å². The Morgan fingerprint density at radius 1 is 1.30 bits per heavy atom. The van der Waals surface area contributed by atoms with Gasteiger partial charge in [0.1, 0.15) is 5.71 Å². The van der Waals surface area contributed by atoms with Gasteiger partial charge in [-0.1, -0.05) is 29.3 Å². The number of amides is 1. The van der Waals surface area contributed by atoms with E-state index in [1.165, 1.54) is 18.2 Å². The molecule has 1 heterocycles. The van der Waals surface area contributed by atoms with Crippen molar-refractivity contribution in [3.05, 3.63) is 33.8 Å². The second kappa shape index (κ2) is 6.62. The van der Waals surface area contributed by atoms with Gasteiger partial charge in [-0.25, -0.2) is 17.6 Å². The molecule has 126 valence electrons. The molecule has 0 fully saturated rings. The number of benzene rings is 1. The highest BCUT2D eigenvalue weighted by Gasteiger charge is 2.53. The minimum absolute atomic E-state index is 0.0155. The van der Waals surface area contributed by atoms with Gasteiger partial charge in [0.15, 0.2) is 0 Å². The van der Waals surface area contributed by atoms with Gasteiger partial charge < -0.3 is 5.11 Å². The third kappa shape index (κ3) is 3.59. The molecule has 0 bridgehead atoms. The summed E-state index contributed by atoms with van der Waals surface area (Å²) in [6.07, 6.45) is -8.19. The molecule has 4 nitrogen and oxygen atoms in total. The third-order valence-corrected chi connectivity index (χ3v) is 3.95. The van der Waals surface area contributed by atoms with Crippen LogP contribution in [0.2, 0.25) is 10.0 Å². The van der Waals surface area contributed by atoms with E-state index < -0.39 is 43.0 Å². The Bertz CT molecular complexity index is 657. The van der Waals surface area contributed by atoms with Crippen LogP contribution in [0.5, 0.6) is 0 Å². The second-order valence-corrected chi connectivity index (χ2v) is 5.69. The van der Waals surface area contributed by atoms with Crippen LogP contribution in [0.15, 0.2) is 23.3 Å². The number of carbonyl (C=O) groups is 1. The zero-order valence-corrected chi connectivity index (χ0v) is 12.8. The standard InChI is InChI=1S/C13H10Cl2F4N2O2/c14-7-2-1-6(3-8(7)15)4-10(22)21-13(23,12(18)19)5-9(20-21)11(16)17/h1-3,11-12,23H,4-5H2. The number of carbonyl (C=O) groups excluding carboxylic acids is 1. The molecule has 0 aliphatic carbocycles. The summed E-state index contributed by atoms with van der Waals surface area (Å²) in [7, 11) is 0. The summed E-state index contributed by atoms with van der Waals surface area (Å²) in [4.78, 5) is 12.1. The van der Waals surface area contributed by atoms with Crippen molar-refractivity contribution in [1.82, 2.24) is 5.01 Å². The number of hydrazone groups is 1. The van der Waals surface area contributed by atoms with Crippen LogP contribution in [0.3, 0.4) is 0 Å². The lowest BCUT2D eigenvalue weighted by Crippen LogP contribution is -2.52. The van der Waals surface area contributed by atoms with Gasteiger partial charge in [0.2, 0.25) is 11.6 Å². The van der Waals surface area contributed by atoms with Crippen molar-refractivity contribution in [2.75, 3.05) is 0 Å². The van der Waals surface area contributed by atoms with Crippen molar-refractivity contribution in [3.8, 4) is 0 Å². The maximum atomic E-state index is 13.0. The van der Waals surface area contributed by atoms with Crippen LogP contribution in [0.1, 0.15) is 12.0 Å². The highest BCUT2D eigenvalue weighted by Crippen LogP contribution is 2.33. The van der Waals surface area contributed by atoms with Crippen molar-refractivity contribution in [1.29, 1.82) is 0 Å². The molecule has 1 atom stereocenters. The van der Waals surface area contributed by atoms with Crippen LogP contribution in [0.25, 0.3) is 0 Å². The summed E-state index contributed by atoms with van der Waals surface area (Å²) in [5.41, 5.74) is -3.75. The molecule has 0 radical (unpaired) electrons. The van der Waals surface area contributed by atoms with Crippen LogP contribution in [0, 0.1) is 0 Å². The highest BCUT2D eigenvalue weighted by atomic mass is 35.5. The fourth-order valence-corrected chi connectivity index (χ4v) is 2.37. The fraction of sp³-hybridized carbons (Fsp3) is 0.385. The SMILES string of the molecule is O=C(Cc1ccc(Cl)c(Cl)c1)N1N=C(C(F)F)CC1(O)C(F)F. The van der Waals surface area contributed by atoms with Gasteiger partial charge in [-0.2, -0.15) is 10.1 Å². The first-order valence-corrected chi connectivity index (χ1v) is 7.03. The topological polar surface area (TPSA) is 52.9 Å². The maximum absolute atomic E-state index is 13.0. The molecular weight excluding hydrogens is 363 g/mol. The lowest BCUT2D eigenvalue weighted by Gasteiger charge is -2.30. The van der Waals surface area contributed by atoms with Gasteiger partial charge in [0, 0.05) is 6.42 Å². The molecule has 1 N–H and O–H groups in total. The normalized spacial score (nSPS) is 21.3. The van der Waals surface area contributed by atoms with Gasteiger partial charge >= 0.3 is 0 Å². The molecule has 1 unspecified atom stereocenters. The molecule has 10 heteroatoms. The molecule has 0 saturated carbocycles. The van der Waals surface area contributed by atoms with Crippen molar-refractivity contribution < 1.29 is 27.5 Å². The fourth-order valence-electron chi connectivity index (χ4n) is 2.05. The van der Waals surface area contributed by atoms with Crippen LogP contribution in [-0.4, -0.2) is 40.3 Å². The lowest BCUT2D eigenvalue weighted by molar-refractivity contribution is -0.191. The van der Waals surface area contributed by atoms with E-state index in [4.69, 9.17) is 23.2 Å². The van der Waals surface area contributed by atoms with Gasteiger partial charge in [-0.05, 0) is 17.7 Å². The van der Waals surface area contributed by atoms with E-state index in [0.717, 1.165) is 0 Å². The van der Waals surface area contributed by atoms with Gasteiger partial charge in [-0.3, -0.25) is 4.79 Å². The second-order valence-electron chi connectivity index (χ2n) is 4.88. The smallest absolute Gasteiger partial charge is 0.287 e. The van der Waals surface area contributed by atoms with Gasteiger partial charge in [0.05, 0.1) is 16.5 Å². The van der Waals surface area contributed by atoms with Crippen molar-refractivity contribution in [2.45, 2.75) is 31.4 Å². The molecule has 0 aromatic heterocycles. The van der Waals surface area contributed by atoms with Crippen molar-refractivity contribution in [3.63, 3.8) is 0 Å². The maximum Gasteiger partial charge on any atom is 0.287 e. The monoisotopic (exact) mass is 372 g/mol. The average Bonchev–Trinajstić information content (AvgIpc) is 2.83. The molecule has 0 spiro atoms. The summed E-state index contributed by atoms with van der Waals surface area (Å²) >= 11 is 11.5. The summed E-state index contributed by atoms with van der Waals surface area (Å²) in [6.45, 7) is 0. The number of halogens is 6. The number of hydrogen-bond acceptors (Lipinski definition) is 3. The summed E-state index contributed by atoms with van der Waals surface area (Å²) in [5.74, 6) is -1.07. The lowest BCUT2D eigenvalue weighted by atomic mass is 10.1. The molecule has 1 aliphatic rings. The summed E-state index contributed by atoms with van der Waals surface area (Å²) in [5, 5.41) is 13.4. The minimum Gasteiger partial charge on any atom is -0.364 e. The van der Waals surface area contributed by atoms with Crippen LogP contribution in [0.4, 0.5) is 17.6 Å². The van der Waals surface area contributed by atoms with Crippen molar-refractivity contribution in [2.24, 2.45) is 5.10 Å². The molecule has 23 heavy (non-hydrogen) atoms. The highest BCUT2D eigenvalue weighted by molar-refractivity contribution is 6.42. The third-order valence-electron chi connectivity index (χ3n) is 3.21. The molecule has 1 aliphatic heterocycles. The number of nitrogens with zero attached hydrogens (tertiary/aromatic N) is 2. The predicted molar refractivity (Wildman–Crippen MR) is 76.0 cm³/mol. The molecule has 2 rings (SSSR count). The molecular formula is C13H10Cl2F4N2O2. The molecule has 1 amide bonds. The first-order valence-electron chi connectivity index (χ1n) is 6.28. The first kappa shape index (κ1) is 18.0. The predicted octanol–water partition coefficient (Wildman–Crippen LogP) is 3.34. The van der Waals surface area contributed by atoms with Crippen molar-refractivity contribution >= 4 is 34.8 Å². The Morgan fingerprint density at radius 2 is 1.96 bits per heavy atom. The Labute approximate surface area is 138 Å². The summed E-state index contributed by atoms with van der Waals surface area (Å²) < 4.78 is 51.4. The summed E-state index contributed by atoms with van der Waals surface area (Å²) in [6, 6.07) is 4.14. The van der Waals surface area contributed by atoms with Gasteiger partial charge in [0.25, 0.3) is 12.9 Å². The zero-order valence-electron chi connectivity index (χ0n) is 11.3. The van der Waals surface area contributed by atoms with E-state index in [1.54, 1.807) is 0 Å². The van der Waals surface area contributed by atoms with E-state index in [9.17, 15) is 27.5 Å². The number of aliphatic hydroxyl groups is 1. The Balaban J connectivity index is 2.25. The minimum atomic E-state index is -3.46. The number of alkyl halides is 4. The molecule has 1 aromatic rings. The molecule has 0 saturated heterocycles.